The van der Waals surface area contributed by atoms with Gasteiger partial charge in [0, 0.05) is 26.1 Å². The maximum absolute atomic E-state index is 11.3. The molecule has 1 amide bonds. The van der Waals surface area contributed by atoms with E-state index in [4.69, 9.17) is 11.6 Å². The first kappa shape index (κ1) is 14.1. The highest BCUT2D eigenvalue weighted by molar-refractivity contribution is 6.33. The number of amides is 1. The number of carbonyl (C=O) groups is 1. The molecule has 0 aromatic carbocycles. The molecule has 104 valence electrons. The Bertz CT molecular complexity index is 458. The minimum atomic E-state index is 0.145. The number of nitrogens with one attached hydrogen (secondary N) is 1. The largest absolute Gasteiger partial charge is 0.366 e. The van der Waals surface area contributed by atoms with Gasteiger partial charge in [-0.1, -0.05) is 18.5 Å². The summed E-state index contributed by atoms with van der Waals surface area (Å²) in [6, 6.07) is 0.313. The van der Waals surface area contributed by atoms with Gasteiger partial charge in [-0.05, 0) is 19.3 Å². The molecule has 1 aromatic heterocycles. The van der Waals surface area contributed by atoms with Crippen LogP contribution >= 0.6 is 11.6 Å². The fourth-order valence-corrected chi connectivity index (χ4v) is 2.57. The first-order valence-electron chi connectivity index (χ1n) is 6.63. The van der Waals surface area contributed by atoms with Gasteiger partial charge < -0.3 is 10.2 Å². The number of anilines is 1. The van der Waals surface area contributed by atoms with Crippen LogP contribution in [-0.4, -0.2) is 39.9 Å². The molecule has 5 nitrogen and oxygen atoms in total. The highest BCUT2D eigenvalue weighted by Crippen LogP contribution is 2.24. The predicted octanol–water partition coefficient (Wildman–Crippen LogP) is 2.12. The maximum atomic E-state index is 11.3. The Labute approximate surface area is 118 Å². The van der Waals surface area contributed by atoms with Crippen molar-refractivity contribution in [2.24, 2.45) is 0 Å². The van der Waals surface area contributed by atoms with Crippen molar-refractivity contribution in [1.29, 1.82) is 0 Å². The van der Waals surface area contributed by atoms with Crippen molar-refractivity contribution in [3.05, 3.63) is 17.0 Å². The summed E-state index contributed by atoms with van der Waals surface area (Å²) in [5.74, 6) is 0.849. The molecule has 2 rings (SSSR count). The molecule has 0 atom stereocenters. The molecule has 0 aliphatic carbocycles. The number of rotatable bonds is 3. The van der Waals surface area contributed by atoms with E-state index in [2.05, 4.69) is 15.3 Å². The zero-order valence-corrected chi connectivity index (χ0v) is 12.1. The molecule has 1 aliphatic rings. The molecular formula is C13H19ClN4O. The minimum Gasteiger partial charge on any atom is -0.366 e. The van der Waals surface area contributed by atoms with Crippen LogP contribution in [0.4, 0.5) is 5.82 Å². The number of aromatic nitrogens is 2. The predicted molar refractivity (Wildman–Crippen MR) is 75.3 cm³/mol. The summed E-state index contributed by atoms with van der Waals surface area (Å²) in [4.78, 5) is 21.5. The monoisotopic (exact) mass is 282 g/mol. The lowest BCUT2D eigenvalue weighted by atomic mass is 10.1. The van der Waals surface area contributed by atoms with Crippen LogP contribution in [-0.2, 0) is 11.2 Å². The maximum Gasteiger partial charge on any atom is 0.219 e. The second-order valence-corrected chi connectivity index (χ2v) is 5.14. The summed E-state index contributed by atoms with van der Waals surface area (Å²) >= 11 is 6.26. The van der Waals surface area contributed by atoms with Crippen LogP contribution in [0.5, 0.6) is 0 Å². The van der Waals surface area contributed by atoms with E-state index in [1.165, 1.54) is 6.33 Å². The third kappa shape index (κ3) is 3.35. The van der Waals surface area contributed by atoms with Gasteiger partial charge in [0.15, 0.2) is 0 Å². The Kier molecular flexibility index (Phi) is 4.58. The summed E-state index contributed by atoms with van der Waals surface area (Å²) in [5, 5.41) is 3.97. The van der Waals surface area contributed by atoms with Gasteiger partial charge in [0.05, 0.1) is 5.69 Å². The molecule has 2 heterocycles. The van der Waals surface area contributed by atoms with Crippen LogP contribution < -0.4 is 5.32 Å². The first-order valence-corrected chi connectivity index (χ1v) is 7.01. The molecule has 0 radical (unpaired) electrons. The quantitative estimate of drug-likeness (QED) is 0.922. The molecule has 1 N–H and O–H groups in total. The van der Waals surface area contributed by atoms with Gasteiger partial charge in [0.25, 0.3) is 0 Å². The lowest BCUT2D eigenvalue weighted by Gasteiger charge is -2.32. The van der Waals surface area contributed by atoms with E-state index < -0.39 is 0 Å². The second kappa shape index (κ2) is 6.19. The Morgan fingerprint density at radius 2 is 2.16 bits per heavy atom. The van der Waals surface area contributed by atoms with Crippen LogP contribution in [0.15, 0.2) is 6.33 Å². The number of carbonyl (C=O) groups excluding carboxylic acids is 1. The van der Waals surface area contributed by atoms with Gasteiger partial charge in [0.1, 0.15) is 17.2 Å². The van der Waals surface area contributed by atoms with E-state index >= 15 is 0 Å². The van der Waals surface area contributed by atoms with Crippen LogP contribution in [0, 0.1) is 0 Å². The van der Waals surface area contributed by atoms with Crippen LogP contribution in [0.25, 0.3) is 0 Å². The third-order valence-electron chi connectivity index (χ3n) is 3.48. The van der Waals surface area contributed by atoms with Crippen molar-refractivity contribution in [3.63, 3.8) is 0 Å². The van der Waals surface area contributed by atoms with E-state index in [1.807, 2.05) is 11.8 Å². The van der Waals surface area contributed by atoms with Crippen molar-refractivity contribution in [1.82, 2.24) is 14.9 Å². The zero-order valence-electron chi connectivity index (χ0n) is 11.3. The van der Waals surface area contributed by atoms with Crippen LogP contribution in [0.3, 0.4) is 0 Å². The van der Waals surface area contributed by atoms with Crippen LogP contribution in [0.1, 0.15) is 32.4 Å². The molecule has 1 saturated heterocycles. The number of hydrogen-bond donors (Lipinski definition) is 1. The molecule has 1 fully saturated rings. The van der Waals surface area contributed by atoms with E-state index in [0.29, 0.717) is 16.9 Å². The topological polar surface area (TPSA) is 58.1 Å². The van der Waals surface area contributed by atoms with Gasteiger partial charge in [-0.3, -0.25) is 4.79 Å². The number of aryl methyl sites for hydroxylation is 1. The Balaban J connectivity index is 1.98. The third-order valence-corrected chi connectivity index (χ3v) is 3.87. The highest BCUT2D eigenvalue weighted by Gasteiger charge is 2.21. The molecular weight excluding hydrogens is 264 g/mol. The molecule has 19 heavy (non-hydrogen) atoms. The van der Waals surface area contributed by atoms with Crippen molar-refractivity contribution in [2.45, 2.75) is 39.2 Å². The molecule has 1 aliphatic heterocycles. The number of piperidine rings is 1. The Morgan fingerprint density at radius 3 is 2.74 bits per heavy atom. The number of nitrogens with zero attached hydrogens (tertiary/aromatic N) is 3. The first-order chi connectivity index (χ1) is 9.11. The van der Waals surface area contributed by atoms with E-state index in [1.54, 1.807) is 6.92 Å². The minimum absolute atomic E-state index is 0.145. The molecule has 6 heteroatoms. The Hall–Kier alpha value is -1.36. The van der Waals surface area contributed by atoms with E-state index in [9.17, 15) is 4.79 Å². The smallest absolute Gasteiger partial charge is 0.219 e. The summed E-state index contributed by atoms with van der Waals surface area (Å²) in [6.45, 7) is 5.21. The number of hydrogen-bond acceptors (Lipinski definition) is 4. The number of likely N-dealkylation sites (tertiary alicyclic amines) is 1. The fraction of sp³-hybridized carbons (Fsp3) is 0.615. The van der Waals surface area contributed by atoms with Crippen molar-refractivity contribution >= 4 is 23.3 Å². The van der Waals surface area contributed by atoms with Gasteiger partial charge in [-0.15, -0.1) is 0 Å². The molecule has 0 bridgehead atoms. The number of halogens is 1. The Morgan fingerprint density at radius 1 is 1.47 bits per heavy atom. The standard InChI is InChI=1S/C13H19ClN4O/c1-3-11-12(14)13(16-8-15-11)17-10-4-6-18(7-5-10)9(2)19/h8,10H,3-7H2,1-2H3,(H,15,16,17). The lowest BCUT2D eigenvalue weighted by molar-refractivity contribution is -0.129. The molecule has 0 spiro atoms. The summed E-state index contributed by atoms with van der Waals surface area (Å²) in [6.07, 6.45) is 4.17. The lowest BCUT2D eigenvalue weighted by Crippen LogP contribution is -2.41. The normalized spacial score (nSPS) is 16.5. The van der Waals surface area contributed by atoms with Gasteiger partial charge in [-0.2, -0.15) is 0 Å². The second-order valence-electron chi connectivity index (χ2n) is 4.76. The van der Waals surface area contributed by atoms with Crippen molar-refractivity contribution < 1.29 is 4.79 Å². The average Bonchev–Trinajstić information content (AvgIpc) is 2.42. The fourth-order valence-electron chi connectivity index (χ4n) is 2.29. The molecule has 0 unspecified atom stereocenters. The van der Waals surface area contributed by atoms with Gasteiger partial charge >= 0.3 is 0 Å². The van der Waals surface area contributed by atoms with Crippen molar-refractivity contribution in [3.8, 4) is 0 Å². The summed E-state index contributed by atoms with van der Waals surface area (Å²) in [5.41, 5.74) is 0.861. The SMILES string of the molecule is CCc1ncnc(NC2CCN(C(C)=O)CC2)c1Cl. The van der Waals surface area contributed by atoms with Crippen LogP contribution in [0.2, 0.25) is 5.02 Å². The summed E-state index contributed by atoms with van der Waals surface area (Å²) in [7, 11) is 0. The van der Waals surface area contributed by atoms with E-state index in [-0.39, 0.29) is 5.91 Å². The molecule has 0 saturated carbocycles. The summed E-state index contributed by atoms with van der Waals surface area (Å²) < 4.78 is 0. The highest BCUT2D eigenvalue weighted by atomic mass is 35.5. The molecule has 1 aromatic rings. The van der Waals surface area contributed by atoms with Crippen molar-refractivity contribution in [2.75, 3.05) is 18.4 Å². The van der Waals surface area contributed by atoms with Gasteiger partial charge in [-0.25, -0.2) is 9.97 Å². The van der Waals surface area contributed by atoms with E-state index in [0.717, 1.165) is 38.0 Å². The van der Waals surface area contributed by atoms with Gasteiger partial charge in [0.2, 0.25) is 5.91 Å². The average molecular weight is 283 g/mol. The zero-order chi connectivity index (χ0) is 13.8.